The van der Waals surface area contributed by atoms with Crippen molar-refractivity contribution >= 4 is 38.9 Å². The van der Waals surface area contributed by atoms with E-state index < -0.39 is 0 Å². The van der Waals surface area contributed by atoms with Crippen LogP contribution in [0.15, 0.2) is 39.5 Å². The van der Waals surface area contributed by atoms with Gasteiger partial charge in [-0.1, -0.05) is 12.1 Å². The van der Waals surface area contributed by atoms with Gasteiger partial charge in [0.15, 0.2) is 0 Å². The third-order valence-electron chi connectivity index (χ3n) is 3.42. The van der Waals surface area contributed by atoms with Crippen LogP contribution < -0.4 is 10.6 Å². The standard InChI is InChI=1S/C16H17BrN2OS/c17-15-7-12(10-21-15)9-18-8-11-2-1-3-14(6-11)19-16(20)13-4-5-13/h1-3,6-7,10,13,18H,4-5,8-9H2,(H,19,20). The topological polar surface area (TPSA) is 41.1 Å². The molecule has 1 amide bonds. The van der Waals surface area contributed by atoms with Crippen molar-refractivity contribution in [3.63, 3.8) is 0 Å². The van der Waals surface area contributed by atoms with E-state index in [4.69, 9.17) is 0 Å². The Morgan fingerprint density at radius 2 is 2.05 bits per heavy atom. The molecule has 0 aliphatic heterocycles. The highest BCUT2D eigenvalue weighted by Crippen LogP contribution is 2.30. The molecule has 5 heteroatoms. The normalized spacial score (nSPS) is 14.1. The zero-order chi connectivity index (χ0) is 14.7. The first-order chi connectivity index (χ1) is 10.2. The van der Waals surface area contributed by atoms with E-state index >= 15 is 0 Å². The third kappa shape index (κ3) is 4.40. The number of halogens is 1. The Morgan fingerprint density at radius 1 is 1.24 bits per heavy atom. The summed E-state index contributed by atoms with van der Waals surface area (Å²) in [7, 11) is 0. The molecule has 1 aliphatic carbocycles. The van der Waals surface area contributed by atoms with E-state index in [2.05, 4.69) is 44.1 Å². The molecule has 1 fully saturated rings. The van der Waals surface area contributed by atoms with Crippen LogP contribution in [-0.4, -0.2) is 5.91 Å². The van der Waals surface area contributed by atoms with Crippen LogP contribution in [0.3, 0.4) is 0 Å². The Morgan fingerprint density at radius 3 is 2.76 bits per heavy atom. The van der Waals surface area contributed by atoms with Gasteiger partial charge in [0, 0.05) is 24.7 Å². The second-order valence-corrected chi connectivity index (χ2v) is 7.62. The molecule has 0 radical (unpaired) electrons. The van der Waals surface area contributed by atoms with Crippen molar-refractivity contribution in [2.45, 2.75) is 25.9 Å². The number of rotatable bonds is 6. The molecule has 1 saturated carbocycles. The average Bonchev–Trinajstić information content (AvgIpc) is 3.23. The van der Waals surface area contributed by atoms with Crippen LogP contribution in [0.4, 0.5) is 5.69 Å². The van der Waals surface area contributed by atoms with Crippen LogP contribution in [0.1, 0.15) is 24.0 Å². The number of anilines is 1. The fraction of sp³-hybridized carbons (Fsp3) is 0.312. The van der Waals surface area contributed by atoms with Crippen molar-refractivity contribution in [3.8, 4) is 0 Å². The lowest BCUT2D eigenvalue weighted by Gasteiger charge is -2.08. The van der Waals surface area contributed by atoms with E-state index in [0.29, 0.717) is 0 Å². The summed E-state index contributed by atoms with van der Waals surface area (Å²) in [5, 5.41) is 8.55. The van der Waals surface area contributed by atoms with Gasteiger partial charge in [-0.2, -0.15) is 0 Å². The van der Waals surface area contributed by atoms with Crippen molar-refractivity contribution < 1.29 is 4.79 Å². The van der Waals surface area contributed by atoms with E-state index in [-0.39, 0.29) is 11.8 Å². The van der Waals surface area contributed by atoms with Gasteiger partial charge in [-0.15, -0.1) is 11.3 Å². The molecule has 2 N–H and O–H groups in total. The van der Waals surface area contributed by atoms with Gasteiger partial charge in [-0.3, -0.25) is 4.79 Å². The number of carbonyl (C=O) groups excluding carboxylic acids is 1. The molecule has 1 aromatic carbocycles. The molecule has 1 aliphatic rings. The summed E-state index contributed by atoms with van der Waals surface area (Å²) in [4.78, 5) is 11.8. The van der Waals surface area contributed by atoms with Gasteiger partial charge in [-0.05, 0) is 63.5 Å². The number of nitrogens with one attached hydrogen (secondary N) is 2. The third-order valence-corrected chi connectivity index (χ3v) is 4.98. The van der Waals surface area contributed by atoms with Gasteiger partial charge in [-0.25, -0.2) is 0 Å². The summed E-state index contributed by atoms with van der Waals surface area (Å²) in [5.74, 6) is 0.395. The zero-order valence-corrected chi connectivity index (χ0v) is 14.0. The number of hydrogen-bond donors (Lipinski definition) is 2. The SMILES string of the molecule is O=C(Nc1cccc(CNCc2csc(Br)c2)c1)C1CC1. The highest BCUT2D eigenvalue weighted by atomic mass is 79.9. The minimum Gasteiger partial charge on any atom is -0.326 e. The molecule has 0 bridgehead atoms. The van der Waals surface area contributed by atoms with Crippen LogP contribution >= 0.6 is 27.3 Å². The highest BCUT2D eigenvalue weighted by Gasteiger charge is 2.29. The molecule has 21 heavy (non-hydrogen) atoms. The van der Waals surface area contributed by atoms with Crippen molar-refractivity contribution in [1.82, 2.24) is 5.32 Å². The van der Waals surface area contributed by atoms with Gasteiger partial charge in [0.2, 0.25) is 5.91 Å². The maximum absolute atomic E-state index is 11.8. The minimum atomic E-state index is 0.156. The first-order valence-electron chi connectivity index (χ1n) is 7.04. The van der Waals surface area contributed by atoms with Crippen molar-refractivity contribution in [1.29, 1.82) is 0 Å². The fourth-order valence-corrected chi connectivity index (χ4v) is 3.35. The molecule has 1 aromatic heterocycles. The Hall–Kier alpha value is -1.17. The number of benzene rings is 1. The predicted molar refractivity (Wildman–Crippen MR) is 90.4 cm³/mol. The van der Waals surface area contributed by atoms with Crippen molar-refractivity contribution in [3.05, 3.63) is 50.6 Å². The summed E-state index contributed by atoms with van der Waals surface area (Å²) in [6.45, 7) is 1.64. The van der Waals surface area contributed by atoms with Gasteiger partial charge in [0.1, 0.15) is 0 Å². The number of hydrogen-bond acceptors (Lipinski definition) is 3. The van der Waals surface area contributed by atoms with Gasteiger partial charge < -0.3 is 10.6 Å². The lowest BCUT2D eigenvalue weighted by atomic mass is 10.2. The Bertz CT molecular complexity index is 637. The van der Waals surface area contributed by atoms with E-state index in [1.165, 1.54) is 11.1 Å². The molecule has 2 aromatic rings. The van der Waals surface area contributed by atoms with Crippen molar-refractivity contribution in [2.75, 3.05) is 5.32 Å². The molecule has 0 saturated heterocycles. The minimum absolute atomic E-state index is 0.156. The number of carbonyl (C=O) groups is 1. The summed E-state index contributed by atoms with van der Waals surface area (Å²) in [6.07, 6.45) is 2.06. The Balaban J connectivity index is 1.51. The van der Waals surface area contributed by atoms with Crippen LogP contribution in [0, 0.1) is 5.92 Å². The highest BCUT2D eigenvalue weighted by molar-refractivity contribution is 9.11. The molecule has 0 spiro atoms. The smallest absolute Gasteiger partial charge is 0.227 e. The summed E-state index contributed by atoms with van der Waals surface area (Å²) >= 11 is 5.17. The summed E-state index contributed by atoms with van der Waals surface area (Å²) < 4.78 is 1.16. The predicted octanol–water partition coefficient (Wildman–Crippen LogP) is 4.15. The first kappa shape index (κ1) is 14.8. The van der Waals surface area contributed by atoms with Crippen LogP contribution in [-0.2, 0) is 17.9 Å². The molecule has 3 nitrogen and oxygen atoms in total. The Labute approximate surface area is 136 Å². The monoisotopic (exact) mass is 364 g/mol. The number of amides is 1. The van der Waals surface area contributed by atoms with Crippen molar-refractivity contribution in [2.24, 2.45) is 5.92 Å². The maximum atomic E-state index is 11.8. The molecular formula is C16H17BrN2OS. The lowest BCUT2D eigenvalue weighted by Crippen LogP contribution is -2.15. The summed E-state index contributed by atoms with van der Waals surface area (Å²) in [5.41, 5.74) is 3.35. The zero-order valence-electron chi connectivity index (χ0n) is 11.6. The second kappa shape index (κ2) is 6.73. The molecule has 1 heterocycles. The largest absolute Gasteiger partial charge is 0.326 e. The van der Waals surface area contributed by atoms with E-state index in [1.54, 1.807) is 11.3 Å². The van der Waals surface area contributed by atoms with Crippen LogP contribution in [0.5, 0.6) is 0 Å². The molecule has 0 unspecified atom stereocenters. The quantitative estimate of drug-likeness (QED) is 0.808. The van der Waals surface area contributed by atoms with E-state index in [9.17, 15) is 4.79 Å². The van der Waals surface area contributed by atoms with Crippen LogP contribution in [0.25, 0.3) is 0 Å². The molecule has 3 rings (SSSR count). The summed E-state index contributed by atoms with van der Waals surface area (Å²) in [6, 6.07) is 10.2. The van der Waals surface area contributed by atoms with Gasteiger partial charge in [0.25, 0.3) is 0 Å². The molecule has 0 atom stereocenters. The van der Waals surface area contributed by atoms with Crippen LogP contribution in [0.2, 0.25) is 0 Å². The number of thiophene rings is 1. The van der Waals surface area contributed by atoms with Gasteiger partial charge in [0.05, 0.1) is 3.79 Å². The van der Waals surface area contributed by atoms with E-state index in [0.717, 1.165) is 35.4 Å². The lowest BCUT2D eigenvalue weighted by molar-refractivity contribution is -0.117. The second-order valence-electron chi connectivity index (χ2n) is 5.33. The average molecular weight is 365 g/mol. The molecule has 110 valence electrons. The first-order valence-corrected chi connectivity index (χ1v) is 8.71. The molecular weight excluding hydrogens is 348 g/mol. The van der Waals surface area contributed by atoms with E-state index in [1.807, 2.05) is 18.2 Å². The fourth-order valence-electron chi connectivity index (χ4n) is 2.14. The Kier molecular flexibility index (Phi) is 4.73. The maximum Gasteiger partial charge on any atom is 0.227 e. The van der Waals surface area contributed by atoms with Gasteiger partial charge >= 0.3 is 0 Å².